The van der Waals surface area contributed by atoms with Crippen molar-refractivity contribution in [1.82, 2.24) is 10.2 Å². The van der Waals surface area contributed by atoms with E-state index in [0.717, 1.165) is 24.8 Å². The predicted molar refractivity (Wildman–Crippen MR) is 42.2 cm³/mol. The van der Waals surface area contributed by atoms with Crippen molar-refractivity contribution < 1.29 is 0 Å². The van der Waals surface area contributed by atoms with Crippen molar-refractivity contribution in [3.05, 3.63) is 17.5 Å². The van der Waals surface area contributed by atoms with Gasteiger partial charge >= 0.3 is 0 Å². The van der Waals surface area contributed by atoms with Crippen LogP contribution in [0.2, 0.25) is 6.32 Å². The second-order valence-corrected chi connectivity index (χ2v) is 2.94. The summed E-state index contributed by atoms with van der Waals surface area (Å²) < 4.78 is 0. The van der Waals surface area contributed by atoms with Gasteiger partial charge in [0.2, 0.25) is 0 Å². The first-order chi connectivity index (χ1) is 5.40. The van der Waals surface area contributed by atoms with E-state index in [9.17, 15) is 0 Å². The minimum Gasteiger partial charge on any atom is -0.283 e. The number of nitrogens with one attached hydrogen (secondary N) is 1. The molecule has 1 aliphatic heterocycles. The Balaban J connectivity index is 2.26. The zero-order valence-corrected chi connectivity index (χ0v) is 6.17. The third kappa shape index (κ3) is 1.03. The molecule has 1 aliphatic rings. The van der Waals surface area contributed by atoms with Crippen molar-refractivity contribution in [1.29, 1.82) is 5.26 Å². The molecule has 4 heteroatoms. The normalized spacial score (nSPS) is 15.7. The molecule has 0 aromatic carbocycles. The van der Waals surface area contributed by atoms with Gasteiger partial charge in [-0.3, -0.25) is 5.10 Å². The number of hydrogen-bond acceptors (Lipinski definition) is 2. The topological polar surface area (TPSA) is 52.5 Å². The lowest BCUT2D eigenvalue weighted by Gasteiger charge is -2.11. The monoisotopic (exact) mass is 145 g/mol. The molecule has 3 nitrogen and oxygen atoms in total. The van der Waals surface area contributed by atoms with Crippen molar-refractivity contribution >= 4 is 6.71 Å². The molecule has 2 rings (SSSR count). The molecule has 0 fully saturated rings. The van der Waals surface area contributed by atoms with Gasteiger partial charge in [0, 0.05) is 11.7 Å². The predicted octanol–water partition coefficient (Wildman–Crippen LogP) is 0.605. The van der Waals surface area contributed by atoms with Gasteiger partial charge in [0.1, 0.15) is 0 Å². The van der Waals surface area contributed by atoms with Gasteiger partial charge in [0.15, 0.2) is 0 Å². The maximum atomic E-state index is 8.67. The summed E-state index contributed by atoms with van der Waals surface area (Å²) in [4.78, 5) is 0. The molecule has 0 radical (unpaired) electrons. The molecule has 1 aromatic rings. The molecule has 0 aliphatic carbocycles. The first-order valence-electron chi connectivity index (χ1n) is 3.81. The van der Waals surface area contributed by atoms with E-state index < -0.39 is 0 Å². The van der Waals surface area contributed by atoms with Gasteiger partial charge < -0.3 is 0 Å². The van der Waals surface area contributed by atoms with Gasteiger partial charge in [-0.05, 0) is 18.3 Å². The van der Waals surface area contributed by atoms with Crippen LogP contribution in [0.25, 0.3) is 0 Å². The van der Waals surface area contributed by atoms with Crippen LogP contribution >= 0.6 is 0 Å². The van der Waals surface area contributed by atoms with E-state index in [1.807, 2.05) is 6.20 Å². The van der Waals surface area contributed by atoms with E-state index in [1.54, 1.807) is 0 Å². The largest absolute Gasteiger partial charge is 0.283 e. The number of aromatic nitrogens is 2. The Morgan fingerprint density at radius 1 is 1.73 bits per heavy atom. The molecule has 1 aromatic heterocycles. The van der Waals surface area contributed by atoms with Crippen LogP contribution in [0, 0.1) is 11.2 Å². The van der Waals surface area contributed by atoms with E-state index >= 15 is 0 Å². The fraction of sp³-hybridized carbons (Fsp3) is 0.429. The van der Waals surface area contributed by atoms with E-state index in [4.69, 9.17) is 5.26 Å². The maximum Gasteiger partial charge on any atom is 0.274 e. The number of aromatic amines is 1. The summed E-state index contributed by atoms with van der Waals surface area (Å²) in [5, 5.41) is 15.5. The third-order valence-electron chi connectivity index (χ3n) is 2.20. The Kier molecular flexibility index (Phi) is 1.43. The number of hydrogen-bond donors (Lipinski definition) is 1. The van der Waals surface area contributed by atoms with Crippen LogP contribution in [0.4, 0.5) is 0 Å². The minimum atomic E-state index is 0.197. The van der Waals surface area contributed by atoms with Crippen molar-refractivity contribution in [3.63, 3.8) is 0 Å². The zero-order chi connectivity index (χ0) is 7.68. The second kappa shape index (κ2) is 2.42. The quantitative estimate of drug-likeness (QED) is 0.543. The Labute approximate surface area is 65.5 Å². The molecule has 0 spiro atoms. The molecule has 0 bridgehead atoms. The lowest BCUT2D eigenvalue weighted by atomic mass is 9.43. The van der Waals surface area contributed by atoms with E-state index in [0.29, 0.717) is 0 Å². The Morgan fingerprint density at radius 3 is 3.45 bits per heavy atom. The van der Waals surface area contributed by atoms with E-state index in [2.05, 4.69) is 16.2 Å². The van der Waals surface area contributed by atoms with Gasteiger partial charge in [-0.1, -0.05) is 6.32 Å². The number of aryl methyl sites for hydroxylation is 1. The lowest BCUT2D eigenvalue weighted by molar-refractivity contribution is 0.980. The highest BCUT2D eigenvalue weighted by atomic mass is 15.1. The number of H-pyrrole nitrogens is 1. The summed E-state index contributed by atoms with van der Waals surface area (Å²) in [6, 6.07) is 0. The first kappa shape index (κ1) is 6.47. The second-order valence-electron chi connectivity index (χ2n) is 2.94. The molecule has 1 N–H and O–H groups in total. The Morgan fingerprint density at radius 2 is 2.64 bits per heavy atom. The van der Waals surface area contributed by atoms with E-state index in [-0.39, 0.29) is 6.71 Å². The molecular weight excluding hydrogens is 137 g/mol. The summed E-state index contributed by atoms with van der Waals surface area (Å²) in [5.74, 6) is 2.29. The summed E-state index contributed by atoms with van der Waals surface area (Å²) in [5.41, 5.74) is 2.44. The number of rotatable bonds is 0. The molecule has 54 valence electrons. The molecule has 0 atom stereocenters. The molecule has 0 amide bonds. The van der Waals surface area contributed by atoms with Gasteiger partial charge in [0.25, 0.3) is 6.71 Å². The Hall–Kier alpha value is -1.24. The highest BCUT2D eigenvalue weighted by Crippen LogP contribution is 2.17. The molecule has 11 heavy (non-hydrogen) atoms. The fourth-order valence-electron chi connectivity index (χ4n) is 1.52. The van der Waals surface area contributed by atoms with Crippen LogP contribution in [-0.2, 0) is 12.7 Å². The zero-order valence-electron chi connectivity index (χ0n) is 6.17. The van der Waals surface area contributed by atoms with Crippen LogP contribution in [-0.4, -0.2) is 16.9 Å². The third-order valence-corrected chi connectivity index (χ3v) is 2.20. The average Bonchev–Trinajstić information content (AvgIpc) is 2.50. The number of fused-ring (bicyclic) bond motifs is 1. The summed E-state index contributed by atoms with van der Waals surface area (Å²) in [6.07, 6.45) is 4.71. The summed E-state index contributed by atoms with van der Waals surface area (Å²) in [7, 11) is 0. The highest BCUT2D eigenvalue weighted by molar-refractivity contribution is 6.66. The van der Waals surface area contributed by atoms with Crippen molar-refractivity contribution in [3.8, 4) is 5.97 Å². The average molecular weight is 145 g/mol. The van der Waals surface area contributed by atoms with Crippen LogP contribution in [0.3, 0.4) is 0 Å². The molecule has 2 heterocycles. The Bertz CT molecular complexity index is 299. The lowest BCUT2D eigenvalue weighted by Crippen LogP contribution is -2.21. The van der Waals surface area contributed by atoms with Gasteiger partial charge in [0.05, 0.1) is 6.20 Å². The maximum absolute atomic E-state index is 8.67. The summed E-state index contributed by atoms with van der Waals surface area (Å²) in [6.45, 7) is 0.197. The van der Waals surface area contributed by atoms with Crippen molar-refractivity contribution in [2.75, 3.05) is 0 Å². The van der Waals surface area contributed by atoms with E-state index in [1.165, 1.54) is 5.56 Å². The van der Waals surface area contributed by atoms with Gasteiger partial charge in [-0.2, -0.15) is 5.10 Å². The smallest absolute Gasteiger partial charge is 0.274 e. The SMILES string of the molecule is N#CB1CCc2cn[nH]c2C1. The number of nitriles is 1. The molecule has 0 unspecified atom stereocenters. The molecular formula is C7H8BN3. The van der Waals surface area contributed by atoms with Gasteiger partial charge in [-0.25, -0.2) is 5.26 Å². The molecule has 0 saturated heterocycles. The van der Waals surface area contributed by atoms with Crippen LogP contribution in [0.1, 0.15) is 11.3 Å². The standard InChI is InChI=1S/C7H8BN3/c9-5-8-2-1-6-4-10-11-7(6)3-8/h4H,1-3H2,(H,10,11). The number of nitrogens with zero attached hydrogens (tertiary/aromatic N) is 2. The van der Waals surface area contributed by atoms with Crippen molar-refractivity contribution in [2.45, 2.75) is 19.1 Å². The summed E-state index contributed by atoms with van der Waals surface area (Å²) >= 11 is 0. The van der Waals surface area contributed by atoms with Crippen LogP contribution < -0.4 is 0 Å². The molecule has 0 saturated carbocycles. The minimum absolute atomic E-state index is 0.197. The fourth-order valence-corrected chi connectivity index (χ4v) is 1.52. The first-order valence-corrected chi connectivity index (χ1v) is 3.81. The van der Waals surface area contributed by atoms with Gasteiger partial charge in [-0.15, -0.1) is 0 Å². The van der Waals surface area contributed by atoms with Crippen LogP contribution in [0.5, 0.6) is 0 Å². The van der Waals surface area contributed by atoms with Crippen LogP contribution in [0.15, 0.2) is 6.20 Å². The highest BCUT2D eigenvalue weighted by Gasteiger charge is 2.22. The van der Waals surface area contributed by atoms with Crippen molar-refractivity contribution in [2.24, 2.45) is 0 Å².